The smallest absolute Gasteiger partial charge is 0.325 e. The van der Waals surface area contributed by atoms with Crippen LogP contribution in [0.25, 0.3) is 0 Å². The minimum absolute atomic E-state index is 0.226. The summed E-state index contributed by atoms with van der Waals surface area (Å²) in [5, 5.41) is 10.0. The number of urea groups is 1. The topological polar surface area (TPSA) is 92.4 Å². The quantitative estimate of drug-likeness (QED) is 0.561. The summed E-state index contributed by atoms with van der Waals surface area (Å²) in [5.41, 5.74) is 2.64. The van der Waals surface area contributed by atoms with Crippen LogP contribution in [-0.4, -0.2) is 23.5 Å². The molecule has 28 heavy (non-hydrogen) atoms. The third-order valence-electron chi connectivity index (χ3n) is 3.69. The minimum atomic E-state index is -0.420. The maximum Gasteiger partial charge on any atom is 0.325 e. The van der Waals surface area contributed by atoms with E-state index in [0.717, 1.165) is 11.3 Å². The van der Waals surface area contributed by atoms with Crippen molar-refractivity contribution in [3.8, 4) is 5.75 Å². The highest BCUT2D eigenvalue weighted by molar-refractivity contribution is 7.14. The zero-order valence-electron chi connectivity index (χ0n) is 15.5. The normalized spacial score (nSPS) is 10.2. The van der Waals surface area contributed by atoms with E-state index in [1.807, 2.05) is 38.1 Å². The van der Waals surface area contributed by atoms with Gasteiger partial charge in [-0.05, 0) is 50.2 Å². The number of carbonyl (C=O) groups excluding carboxylic acids is 2. The van der Waals surface area contributed by atoms with Crippen LogP contribution in [0.5, 0.6) is 5.75 Å². The van der Waals surface area contributed by atoms with Crippen molar-refractivity contribution in [2.45, 2.75) is 13.8 Å². The maximum absolute atomic E-state index is 12.3. The molecule has 0 spiro atoms. The molecule has 0 aliphatic rings. The molecule has 0 bridgehead atoms. The average molecular weight is 396 g/mol. The number of hydrogen-bond acceptors (Lipinski definition) is 5. The molecule has 1 aromatic heterocycles. The van der Waals surface area contributed by atoms with Gasteiger partial charge in [0.15, 0.2) is 5.13 Å². The Morgan fingerprint density at radius 3 is 2.29 bits per heavy atom. The van der Waals surface area contributed by atoms with Gasteiger partial charge in [0, 0.05) is 16.8 Å². The van der Waals surface area contributed by atoms with E-state index in [9.17, 15) is 9.59 Å². The summed E-state index contributed by atoms with van der Waals surface area (Å²) in [6, 6.07) is 14.1. The van der Waals surface area contributed by atoms with Crippen LogP contribution in [0.4, 0.5) is 21.3 Å². The number of hydrogen-bond donors (Lipinski definition) is 3. The summed E-state index contributed by atoms with van der Waals surface area (Å²) in [5.74, 6) is 0.382. The molecule has 0 radical (unpaired) electrons. The van der Waals surface area contributed by atoms with E-state index in [4.69, 9.17) is 4.74 Å². The molecule has 0 atom stereocenters. The van der Waals surface area contributed by atoms with Gasteiger partial charge in [0.05, 0.1) is 6.61 Å². The van der Waals surface area contributed by atoms with E-state index >= 15 is 0 Å². The predicted molar refractivity (Wildman–Crippen MR) is 111 cm³/mol. The number of nitrogens with zero attached hydrogens (tertiary/aromatic N) is 1. The van der Waals surface area contributed by atoms with E-state index < -0.39 is 6.03 Å². The molecule has 3 rings (SSSR count). The van der Waals surface area contributed by atoms with Crippen molar-refractivity contribution in [2.24, 2.45) is 0 Å². The van der Waals surface area contributed by atoms with Crippen molar-refractivity contribution in [1.29, 1.82) is 0 Å². The molecular weight excluding hydrogens is 376 g/mol. The number of ether oxygens (including phenoxy) is 1. The summed E-state index contributed by atoms with van der Waals surface area (Å²) in [4.78, 5) is 28.5. The van der Waals surface area contributed by atoms with Crippen LogP contribution in [0.15, 0.2) is 53.9 Å². The molecule has 0 fully saturated rings. The Morgan fingerprint density at radius 2 is 1.61 bits per heavy atom. The number of thiazole rings is 1. The second-order valence-electron chi connectivity index (χ2n) is 5.89. The Balaban J connectivity index is 1.55. The van der Waals surface area contributed by atoms with Gasteiger partial charge in [-0.15, -0.1) is 11.3 Å². The Bertz CT molecular complexity index is 952. The van der Waals surface area contributed by atoms with Gasteiger partial charge in [-0.25, -0.2) is 9.78 Å². The molecule has 3 N–H and O–H groups in total. The van der Waals surface area contributed by atoms with Gasteiger partial charge < -0.3 is 15.4 Å². The first-order chi connectivity index (χ1) is 13.5. The lowest BCUT2D eigenvalue weighted by Gasteiger charge is -2.06. The predicted octanol–water partition coefficient (Wildman–Crippen LogP) is 4.75. The van der Waals surface area contributed by atoms with Gasteiger partial charge in [0.1, 0.15) is 11.4 Å². The molecule has 1 heterocycles. The Morgan fingerprint density at radius 1 is 0.964 bits per heavy atom. The number of anilines is 3. The summed E-state index contributed by atoms with van der Waals surface area (Å²) in [6.07, 6.45) is 0. The van der Waals surface area contributed by atoms with E-state index in [-0.39, 0.29) is 11.6 Å². The summed E-state index contributed by atoms with van der Waals surface area (Å²) >= 11 is 1.17. The molecule has 0 saturated heterocycles. The van der Waals surface area contributed by atoms with Crippen LogP contribution in [0.1, 0.15) is 23.0 Å². The van der Waals surface area contributed by atoms with Crippen molar-refractivity contribution >= 4 is 39.8 Å². The van der Waals surface area contributed by atoms with Crippen molar-refractivity contribution in [1.82, 2.24) is 4.98 Å². The average Bonchev–Trinajstić information content (AvgIpc) is 3.14. The molecule has 3 amide bonds. The molecule has 0 saturated carbocycles. The van der Waals surface area contributed by atoms with Crippen LogP contribution < -0.4 is 20.7 Å². The minimum Gasteiger partial charge on any atom is -0.494 e. The summed E-state index contributed by atoms with van der Waals surface area (Å²) in [7, 11) is 0. The lowest BCUT2D eigenvalue weighted by Crippen LogP contribution is -2.19. The molecule has 0 aliphatic carbocycles. The Kier molecular flexibility index (Phi) is 6.23. The fraction of sp³-hybridized carbons (Fsp3) is 0.150. The molecule has 144 valence electrons. The van der Waals surface area contributed by atoms with Gasteiger partial charge >= 0.3 is 6.03 Å². The standard InChI is InChI=1S/C20H20N4O3S/c1-3-27-16-10-8-14(9-11-16)21-18(25)17-12-28-20(23-17)24-19(26)22-15-6-4-13(2)5-7-15/h4-12H,3H2,1-2H3,(H,21,25)(H2,22,23,24,26). The second kappa shape index (κ2) is 9.01. The van der Waals surface area contributed by atoms with E-state index in [1.165, 1.54) is 11.3 Å². The van der Waals surface area contributed by atoms with Gasteiger partial charge in [-0.2, -0.15) is 0 Å². The fourth-order valence-electron chi connectivity index (χ4n) is 2.33. The van der Waals surface area contributed by atoms with Crippen LogP contribution in [0, 0.1) is 6.92 Å². The SMILES string of the molecule is CCOc1ccc(NC(=O)c2csc(NC(=O)Nc3ccc(C)cc3)n2)cc1. The molecule has 3 aromatic rings. The van der Waals surface area contributed by atoms with Crippen molar-refractivity contribution in [3.05, 3.63) is 65.2 Å². The number of amides is 3. The highest BCUT2D eigenvalue weighted by atomic mass is 32.1. The first-order valence-corrected chi connectivity index (χ1v) is 9.56. The third kappa shape index (κ3) is 5.31. The maximum atomic E-state index is 12.3. The zero-order chi connectivity index (χ0) is 19.9. The number of nitrogens with one attached hydrogen (secondary N) is 3. The number of carbonyl (C=O) groups is 2. The largest absolute Gasteiger partial charge is 0.494 e. The number of benzene rings is 2. The second-order valence-corrected chi connectivity index (χ2v) is 6.75. The van der Waals surface area contributed by atoms with Crippen molar-refractivity contribution in [2.75, 3.05) is 22.6 Å². The number of aromatic nitrogens is 1. The van der Waals surface area contributed by atoms with Crippen LogP contribution in [0.3, 0.4) is 0 Å². The van der Waals surface area contributed by atoms with Crippen LogP contribution >= 0.6 is 11.3 Å². The van der Waals surface area contributed by atoms with E-state index in [1.54, 1.807) is 29.6 Å². The summed E-state index contributed by atoms with van der Waals surface area (Å²) in [6.45, 7) is 4.46. The fourth-order valence-corrected chi connectivity index (χ4v) is 3.01. The number of rotatable bonds is 6. The van der Waals surface area contributed by atoms with Gasteiger partial charge in [-0.3, -0.25) is 10.1 Å². The first-order valence-electron chi connectivity index (χ1n) is 8.68. The number of aryl methyl sites for hydroxylation is 1. The van der Waals surface area contributed by atoms with Crippen molar-refractivity contribution in [3.63, 3.8) is 0 Å². The third-order valence-corrected chi connectivity index (χ3v) is 4.45. The van der Waals surface area contributed by atoms with Gasteiger partial charge in [0.2, 0.25) is 0 Å². The molecular formula is C20H20N4O3S. The Labute approximate surface area is 166 Å². The lowest BCUT2D eigenvalue weighted by atomic mass is 10.2. The molecule has 0 aliphatic heterocycles. The van der Waals surface area contributed by atoms with Crippen LogP contribution in [-0.2, 0) is 0 Å². The Hall–Kier alpha value is -3.39. The molecule has 2 aromatic carbocycles. The van der Waals surface area contributed by atoms with E-state index in [0.29, 0.717) is 23.1 Å². The molecule has 7 nitrogen and oxygen atoms in total. The van der Waals surface area contributed by atoms with Crippen molar-refractivity contribution < 1.29 is 14.3 Å². The molecule has 0 unspecified atom stereocenters. The first kappa shape index (κ1) is 19.4. The van der Waals surface area contributed by atoms with Crippen LogP contribution in [0.2, 0.25) is 0 Å². The molecule has 8 heteroatoms. The highest BCUT2D eigenvalue weighted by Gasteiger charge is 2.13. The van der Waals surface area contributed by atoms with Gasteiger partial charge in [-0.1, -0.05) is 17.7 Å². The highest BCUT2D eigenvalue weighted by Crippen LogP contribution is 2.19. The summed E-state index contributed by atoms with van der Waals surface area (Å²) < 4.78 is 5.37. The lowest BCUT2D eigenvalue weighted by molar-refractivity contribution is 0.102. The van der Waals surface area contributed by atoms with Gasteiger partial charge in [0.25, 0.3) is 5.91 Å². The van der Waals surface area contributed by atoms with E-state index in [2.05, 4.69) is 20.9 Å². The zero-order valence-corrected chi connectivity index (χ0v) is 16.3. The monoisotopic (exact) mass is 396 g/mol.